The van der Waals surface area contributed by atoms with Gasteiger partial charge < -0.3 is 5.32 Å². The van der Waals surface area contributed by atoms with Gasteiger partial charge in [-0.15, -0.1) is 0 Å². The summed E-state index contributed by atoms with van der Waals surface area (Å²) >= 11 is 0. The molecule has 0 heterocycles. The summed E-state index contributed by atoms with van der Waals surface area (Å²) in [4.78, 5) is 14.0. The largest absolute Gasteiger partial charge is 0.325 e. The number of amides is 1. The zero-order valence-corrected chi connectivity index (χ0v) is 16.7. The highest BCUT2D eigenvalue weighted by Crippen LogP contribution is 2.58. The number of benzene rings is 3. The molecule has 0 saturated heterocycles. The van der Waals surface area contributed by atoms with Crippen LogP contribution in [0, 0.1) is 0 Å². The van der Waals surface area contributed by atoms with Crippen LogP contribution in [0.25, 0.3) is 0 Å². The maximum absolute atomic E-state index is 14.0. The Morgan fingerprint density at radius 1 is 0.690 bits per heavy atom. The molecule has 1 fully saturated rings. The first-order valence-corrected chi connectivity index (χ1v) is 10.8. The first kappa shape index (κ1) is 18.2. The summed E-state index contributed by atoms with van der Waals surface area (Å²) in [5, 5.41) is 3.25. The van der Waals surface area contributed by atoms with Gasteiger partial charge in [0.2, 0.25) is 5.91 Å². The van der Waals surface area contributed by atoms with Gasteiger partial charge in [0.1, 0.15) is 5.41 Å². The quantitative estimate of drug-likeness (QED) is 0.573. The first-order valence-electron chi connectivity index (χ1n) is 10.8. The molecule has 2 nitrogen and oxygen atoms in total. The topological polar surface area (TPSA) is 29.1 Å². The Labute approximate surface area is 173 Å². The molecule has 2 heteroatoms. The lowest BCUT2D eigenvalue weighted by Crippen LogP contribution is -2.42. The normalized spacial score (nSPS) is 22.2. The molecule has 146 valence electrons. The molecule has 29 heavy (non-hydrogen) atoms. The number of carbonyl (C=O) groups is 1. The summed E-state index contributed by atoms with van der Waals surface area (Å²) in [6, 6.07) is 29.0. The van der Waals surface area contributed by atoms with Gasteiger partial charge in [0.15, 0.2) is 0 Å². The van der Waals surface area contributed by atoms with Crippen LogP contribution in [0.15, 0.2) is 84.9 Å². The number of rotatable bonds is 3. The molecule has 1 spiro atoms. The van der Waals surface area contributed by atoms with E-state index in [1.165, 1.54) is 43.2 Å². The van der Waals surface area contributed by atoms with E-state index in [9.17, 15) is 4.79 Å². The lowest BCUT2D eigenvalue weighted by atomic mass is 9.66. The van der Waals surface area contributed by atoms with E-state index >= 15 is 0 Å². The van der Waals surface area contributed by atoms with Gasteiger partial charge in [-0.05, 0) is 53.5 Å². The first-order chi connectivity index (χ1) is 14.2. The van der Waals surface area contributed by atoms with E-state index in [-0.39, 0.29) is 11.3 Å². The van der Waals surface area contributed by atoms with Gasteiger partial charge in [-0.25, -0.2) is 0 Å². The molecular formula is C27H27NO. The standard InChI is InChI=1S/C27H27NO/c29-25(28-22-14-6-2-7-15-22)27(21-12-4-1-5-13-21)20-26(18-10-3-11-19-26)23-16-8-9-17-24(23)27/h1-2,4-9,12-17H,3,10-11,18-20H2,(H,28,29)/t27-/m1/s1. The predicted octanol–water partition coefficient (Wildman–Crippen LogP) is 6.22. The van der Waals surface area contributed by atoms with E-state index in [0.29, 0.717) is 0 Å². The lowest BCUT2D eigenvalue weighted by molar-refractivity contribution is -0.120. The third kappa shape index (κ3) is 2.90. The number of para-hydroxylation sites is 1. The Hall–Kier alpha value is -2.87. The van der Waals surface area contributed by atoms with Crippen LogP contribution >= 0.6 is 0 Å². The van der Waals surface area contributed by atoms with E-state index in [1.54, 1.807) is 0 Å². The molecule has 2 aliphatic rings. The molecule has 3 aromatic rings. The van der Waals surface area contributed by atoms with Crippen LogP contribution in [-0.2, 0) is 15.6 Å². The summed E-state index contributed by atoms with van der Waals surface area (Å²) in [6.07, 6.45) is 7.02. The molecule has 2 aliphatic carbocycles. The van der Waals surface area contributed by atoms with E-state index < -0.39 is 5.41 Å². The summed E-state index contributed by atoms with van der Waals surface area (Å²) in [6.45, 7) is 0. The number of hydrogen-bond donors (Lipinski definition) is 1. The Balaban J connectivity index is 1.68. The van der Waals surface area contributed by atoms with Crippen LogP contribution in [0.5, 0.6) is 0 Å². The number of carbonyl (C=O) groups excluding carboxylic acids is 1. The minimum atomic E-state index is -0.648. The van der Waals surface area contributed by atoms with Crippen molar-refractivity contribution in [3.05, 3.63) is 102 Å². The van der Waals surface area contributed by atoms with Gasteiger partial charge in [-0.2, -0.15) is 0 Å². The van der Waals surface area contributed by atoms with Crippen molar-refractivity contribution >= 4 is 11.6 Å². The van der Waals surface area contributed by atoms with Crippen LogP contribution in [-0.4, -0.2) is 5.91 Å². The van der Waals surface area contributed by atoms with Crippen molar-refractivity contribution < 1.29 is 4.79 Å². The van der Waals surface area contributed by atoms with E-state index in [0.717, 1.165) is 17.7 Å². The minimum absolute atomic E-state index is 0.0878. The Morgan fingerprint density at radius 3 is 1.97 bits per heavy atom. The fraction of sp³-hybridized carbons (Fsp3) is 0.296. The fourth-order valence-corrected chi connectivity index (χ4v) is 5.76. The zero-order chi connectivity index (χ0) is 19.7. The number of fused-ring (bicyclic) bond motifs is 2. The van der Waals surface area contributed by atoms with Crippen LogP contribution in [0.1, 0.15) is 55.2 Å². The van der Waals surface area contributed by atoms with Gasteiger partial charge in [-0.1, -0.05) is 92.1 Å². The zero-order valence-electron chi connectivity index (χ0n) is 16.7. The molecule has 0 radical (unpaired) electrons. The molecule has 1 atom stereocenters. The summed E-state index contributed by atoms with van der Waals surface area (Å²) in [7, 11) is 0. The van der Waals surface area contributed by atoms with Crippen LogP contribution < -0.4 is 5.32 Å². The highest BCUT2D eigenvalue weighted by Gasteiger charge is 2.56. The highest BCUT2D eigenvalue weighted by atomic mass is 16.2. The molecule has 1 saturated carbocycles. The monoisotopic (exact) mass is 381 g/mol. The Kier molecular flexibility index (Phi) is 4.50. The highest BCUT2D eigenvalue weighted by molar-refractivity contribution is 6.03. The molecule has 1 amide bonds. The van der Waals surface area contributed by atoms with Crippen molar-refractivity contribution in [3.8, 4) is 0 Å². The Morgan fingerprint density at radius 2 is 1.28 bits per heavy atom. The maximum atomic E-state index is 14.0. The van der Waals surface area contributed by atoms with Gasteiger partial charge >= 0.3 is 0 Å². The van der Waals surface area contributed by atoms with Gasteiger partial charge in [0.25, 0.3) is 0 Å². The molecule has 0 aliphatic heterocycles. The van der Waals surface area contributed by atoms with Crippen molar-refractivity contribution in [3.63, 3.8) is 0 Å². The van der Waals surface area contributed by atoms with Crippen LogP contribution in [0.2, 0.25) is 0 Å². The van der Waals surface area contributed by atoms with Crippen molar-refractivity contribution in [1.29, 1.82) is 0 Å². The molecule has 0 aromatic heterocycles. The smallest absolute Gasteiger partial charge is 0.239 e. The van der Waals surface area contributed by atoms with Crippen molar-refractivity contribution in [2.24, 2.45) is 0 Å². The fourth-order valence-electron chi connectivity index (χ4n) is 5.76. The second-order valence-corrected chi connectivity index (χ2v) is 8.65. The molecular weight excluding hydrogens is 354 g/mol. The van der Waals surface area contributed by atoms with E-state index in [4.69, 9.17) is 0 Å². The molecule has 0 bridgehead atoms. The number of anilines is 1. The molecule has 5 rings (SSSR count). The molecule has 0 unspecified atom stereocenters. The summed E-state index contributed by atoms with van der Waals surface area (Å²) in [5.41, 5.74) is 4.01. The molecule has 3 aromatic carbocycles. The van der Waals surface area contributed by atoms with Gasteiger partial charge in [-0.3, -0.25) is 4.79 Å². The summed E-state index contributed by atoms with van der Waals surface area (Å²) < 4.78 is 0. The van der Waals surface area contributed by atoms with Crippen molar-refractivity contribution in [2.75, 3.05) is 5.32 Å². The Bertz CT molecular complexity index is 1000. The predicted molar refractivity (Wildman–Crippen MR) is 118 cm³/mol. The average molecular weight is 382 g/mol. The second-order valence-electron chi connectivity index (χ2n) is 8.65. The third-order valence-electron chi connectivity index (χ3n) is 7.06. The summed E-state index contributed by atoms with van der Waals surface area (Å²) in [5.74, 6) is 0.0878. The average Bonchev–Trinajstić information content (AvgIpc) is 3.07. The van der Waals surface area contributed by atoms with E-state index in [2.05, 4.69) is 53.8 Å². The lowest BCUT2D eigenvalue weighted by Gasteiger charge is -2.37. The number of hydrogen-bond acceptors (Lipinski definition) is 1. The maximum Gasteiger partial charge on any atom is 0.239 e. The van der Waals surface area contributed by atoms with Crippen LogP contribution in [0.3, 0.4) is 0 Å². The van der Waals surface area contributed by atoms with Gasteiger partial charge in [0.05, 0.1) is 0 Å². The van der Waals surface area contributed by atoms with E-state index in [1.807, 2.05) is 36.4 Å². The SMILES string of the molecule is O=C(Nc1ccccc1)[C@@]1(c2ccccc2)CC2(CCCCC2)c2ccccc21. The van der Waals surface area contributed by atoms with Gasteiger partial charge in [0, 0.05) is 5.69 Å². The van der Waals surface area contributed by atoms with Crippen LogP contribution in [0.4, 0.5) is 5.69 Å². The third-order valence-corrected chi connectivity index (χ3v) is 7.06. The molecule has 1 N–H and O–H groups in total. The van der Waals surface area contributed by atoms with Crippen molar-refractivity contribution in [1.82, 2.24) is 0 Å². The minimum Gasteiger partial charge on any atom is -0.325 e. The second kappa shape index (κ2) is 7.18. The van der Waals surface area contributed by atoms with Crippen molar-refractivity contribution in [2.45, 2.75) is 49.4 Å². The number of nitrogens with one attached hydrogen (secondary N) is 1.